The van der Waals surface area contributed by atoms with Gasteiger partial charge in [0.05, 0.1) is 0 Å². The molecule has 1 aliphatic rings. The molecule has 0 nitrogen and oxygen atoms in total. The number of rotatable bonds is 1. The molecule has 1 aliphatic carbocycles. The molecule has 1 atom stereocenters. The van der Waals surface area contributed by atoms with Crippen molar-refractivity contribution in [2.24, 2.45) is 0 Å². The number of halogens is 5. The second kappa shape index (κ2) is 2.82. The van der Waals surface area contributed by atoms with Crippen LogP contribution in [-0.4, -0.2) is 17.5 Å². The van der Waals surface area contributed by atoms with Crippen molar-refractivity contribution in [3.8, 4) is 0 Å². The van der Waals surface area contributed by atoms with Crippen molar-refractivity contribution < 1.29 is 22.0 Å². The van der Waals surface area contributed by atoms with E-state index in [0.717, 1.165) is 0 Å². The SMILES string of the molecule is CC(F)(F)C1(F)CCCCC1(F)F. The summed E-state index contributed by atoms with van der Waals surface area (Å²) >= 11 is 0. The van der Waals surface area contributed by atoms with Crippen LogP contribution in [0.1, 0.15) is 32.6 Å². The Hall–Kier alpha value is -0.350. The summed E-state index contributed by atoms with van der Waals surface area (Å²) in [6, 6.07) is 0. The average Bonchev–Trinajstić information content (AvgIpc) is 1.93. The number of hydrogen-bond acceptors (Lipinski definition) is 0. The summed E-state index contributed by atoms with van der Waals surface area (Å²) in [5, 5.41) is 0. The lowest BCUT2D eigenvalue weighted by molar-refractivity contribution is -0.255. The van der Waals surface area contributed by atoms with Crippen LogP contribution in [0.15, 0.2) is 0 Å². The molecule has 1 unspecified atom stereocenters. The molecule has 1 rings (SSSR count). The van der Waals surface area contributed by atoms with E-state index >= 15 is 0 Å². The van der Waals surface area contributed by atoms with E-state index in [2.05, 4.69) is 0 Å². The van der Waals surface area contributed by atoms with Gasteiger partial charge in [0.1, 0.15) is 0 Å². The third kappa shape index (κ3) is 1.53. The zero-order chi connectivity index (χ0) is 10.3. The van der Waals surface area contributed by atoms with Gasteiger partial charge in [-0.2, -0.15) is 0 Å². The van der Waals surface area contributed by atoms with Gasteiger partial charge in [-0.25, -0.2) is 22.0 Å². The minimum atomic E-state index is -3.98. The van der Waals surface area contributed by atoms with Crippen LogP contribution < -0.4 is 0 Å². The van der Waals surface area contributed by atoms with Crippen LogP contribution in [0.2, 0.25) is 0 Å². The summed E-state index contributed by atoms with van der Waals surface area (Å²) < 4.78 is 64.4. The van der Waals surface area contributed by atoms with E-state index in [-0.39, 0.29) is 19.8 Å². The molecule has 0 aromatic carbocycles. The molecule has 0 saturated heterocycles. The van der Waals surface area contributed by atoms with Crippen molar-refractivity contribution >= 4 is 0 Å². The third-order valence-electron chi connectivity index (χ3n) is 2.54. The Kier molecular flexibility index (Phi) is 2.33. The van der Waals surface area contributed by atoms with Gasteiger partial charge in [0.2, 0.25) is 5.67 Å². The Balaban J connectivity index is 2.98. The van der Waals surface area contributed by atoms with Crippen LogP contribution in [0.25, 0.3) is 0 Å². The maximum Gasteiger partial charge on any atom is 0.287 e. The zero-order valence-electron chi connectivity index (χ0n) is 7.22. The van der Waals surface area contributed by atoms with Crippen LogP contribution in [0.5, 0.6) is 0 Å². The Bertz CT molecular complexity index is 195. The van der Waals surface area contributed by atoms with Gasteiger partial charge < -0.3 is 0 Å². The van der Waals surface area contributed by atoms with Crippen molar-refractivity contribution in [3.63, 3.8) is 0 Å². The highest BCUT2D eigenvalue weighted by atomic mass is 19.3. The van der Waals surface area contributed by atoms with Crippen LogP contribution in [0.4, 0.5) is 22.0 Å². The molecule has 13 heavy (non-hydrogen) atoms. The van der Waals surface area contributed by atoms with Crippen molar-refractivity contribution in [1.82, 2.24) is 0 Å². The van der Waals surface area contributed by atoms with E-state index < -0.39 is 30.4 Å². The van der Waals surface area contributed by atoms with E-state index in [4.69, 9.17) is 0 Å². The standard InChI is InChI=1S/C8H11F5/c1-6(9,10)7(11)4-2-3-5-8(7,12)13/h2-5H2,1H3. The average molecular weight is 202 g/mol. The van der Waals surface area contributed by atoms with E-state index in [1.807, 2.05) is 0 Å². The maximum absolute atomic E-state index is 13.4. The molecule has 0 aromatic rings. The highest BCUT2D eigenvalue weighted by molar-refractivity contribution is 5.04. The van der Waals surface area contributed by atoms with E-state index in [9.17, 15) is 22.0 Å². The lowest BCUT2D eigenvalue weighted by atomic mass is 9.79. The highest BCUT2D eigenvalue weighted by Gasteiger charge is 2.67. The van der Waals surface area contributed by atoms with Gasteiger partial charge in [-0.05, 0) is 19.3 Å². The minimum absolute atomic E-state index is 0.0928. The maximum atomic E-state index is 13.4. The van der Waals surface area contributed by atoms with Crippen LogP contribution in [0, 0.1) is 0 Å². The van der Waals surface area contributed by atoms with Gasteiger partial charge in [0.25, 0.3) is 11.8 Å². The molecule has 0 radical (unpaired) electrons. The van der Waals surface area contributed by atoms with Gasteiger partial charge >= 0.3 is 0 Å². The van der Waals surface area contributed by atoms with Crippen molar-refractivity contribution in [1.29, 1.82) is 0 Å². The van der Waals surface area contributed by atoms with E-state index in [1.54, 1.807) is 0 Å². The first kappa shape index (κ1) is 10.7. The van der Waals surface area contributed by atoms with E-state index in [0.29, 0.717) is 0 Å². The minimum Gasteiger partial charge on any atom is -0.230 e. The summed E-state index contributed by atoms with van der Waals surface area (Å²) in [6.07, 6.45) is -1.35. The Morgan fingerprint density at radius 1 is 1.00 bits per heavy atom. The lowest BCUT2D eigenvalue weighted by Gasteiger charge is -2.40. The first-order valence-corrected chi connectivity index (χ1v) is 4.15. The predicted octanol–water partition coefficient (Wildman–Crippen LogP) is 3.56. The quantitative estimate of drug-likeness (QED) is 0.570. The molecule has 5 heteroatoms. The van der Waals surface area contributed by atoms with Crippen LogP contribution in [0.3, 0.4) is 0 Å². The number of alkyl halides is 5. The smallest absolute Gasteiger partial charge is 0.230 e. The van der Waals surface area contributed by atoms with Gasteiger partial charge in [0.15, 0.2) is 0 Å². The van der Waals surface area contributed by atoms with Gasteiger partial charge in [-0.3, -0.25) is 0 Å². The van der Waals surface area contributed by atoms with Gasteiger partial charge in [-0.1, -0.05) is 0 Å². The topological polar surface area (TPSA) is 0 Å². The fourth-order valence-corrected chi connectivity index (χ4v) is 1.64. The normalized spacial score (nSPS) is 34.6. The summed E-state index contributed by atoms with van der Waals surface area (Å²) in [5.41, 5.74) is -3.65. The molecular weight excluding hydrogens is 191 g/mol. The Labute approximate surface area is 73.1 Å². The molecule has 0 heterocycles. The van der Waals surface area contributed by atoms with Gasteiger partial charge in [0, 0.05) is 13.3 Å². The fraction of sp³-hybridized carbons (Fsp3) is 1.00. The molecular formula is C8H11F5. The second-order valence-electron chi connectivity index (χ2n) is 3.60. The van der Waals surface area contributed by atoms with Gasteiger partial charge in [-0.15, -0.1) is 0 Å². The summed E-state index contributed by atoms with van der Waals surface area (Å²) in [4.78, 5) is 0. The summed E-state index contributed by atoms with van der Waals surface area (Å²) in [7, 11) is 0. The molecule has 78 valence electrons. The second-order valence-corrected chi connectivity index (χ2v) is 3.60. The molecule has 0 spiro atoms. The molecule has 0 amide bonds. The molecule has 0 aromatic heterocycles. The lowest BCUT2D eigenvalue weighted by Crippen LogP contribution is -2.57. The monoisotopic (exact) mass is 202 g/mol. The molecule has 0 N–H and O–H groups in total. The van der Waals surface area contributed by atoms with Crippen molar-refractivity contribution in [3.05, 3.63) is 0 Å². The summed E-state index contributed by atoms with van der Waals surface area (Å²) in [6.45, 7) is 0.215. The largest absolute Gasteiger partial charge is 0.287 e. The fourth-order valence-electron chi connectivity index (χ4n) is 1.64. The Morgan fingerprint density at radius 2 is 1.46 bits per heavy atom. The van der Waals surface area contributed by atoms with Crippen molar-refractivity contribution in [2.75, 3.05) is 0 Å². The van der Waals surface area contributed by atoms with Crippen molar-refractivity contribution in [2.45, 2.75) is 50.1 Å². The molecule has 1 saturated carbocycles. The first-order chi connectivity index (χ1) is 5.71. The summed E-state index contributed by atoms with van der Waals surface area (Å²) in [5.74, 6) is -7.87. The van der Waals surface area contributed by atoms with E-state index in [1.165, 1.54) is 0 Å². The molecule has 0 aliphatic heterocycles. The third-order valence-corrected chi connectivity index (χ3v) is 2.54. The Morgan fingerprint density at radius 3 is 1.77 bits per heavy atom. The van der Waals surface area contributed by atoms with Crippen LogP contribution in [-0.2, 0) is 0 Å². The predicted molar refractivity (Wildman–Crippen MR) is 37.9 cm³/mol. The van der Waals surface area contributed by atoms with Crippen LogP contribution >= 0.6 is 0 Å². The zero-order valence-corrected chi connectivity index (χ0v) is 7.22. The first-order valence-electron chi connectivity index (χ1n) is 4.15. The molecule has 1 fully saturated rings. The number of hydrogen-bond donors (Lipinski definition) is 0. The molecule has 0 bridgehead atoms. The highest BCUT2D eigenvalue weighted by Crippen LogP contribution is 2.52.